The van der Waals surface area contributed by atoms with Crippen LogP contribution in [0.25, 0.3) is 0 Å². The summed E-state index contributed by atoms with van der Waals surface area (Å²) in [5, 5.41) is 11.4. The lowest BCUT2D eigenvalue weighted by Crippen LogP contribution is -2.25. The number of hydrogen-bond donors (Lipinski definition) is 1. The Morgan fingerprint density at radius 1 is 1.29 bits per heavy atom. The molecule has 0 saturated heterocycles. The lowest BCUT2D eigenvalue weighted by Gasteiger charge is -2.18. The highest BCUT2D eigenvalue weighted by Crippen LogP contribution is 2.22. The maximum Gasteiger partial charge on any atom is 0.490 e. The van der Waals surface area contributed by atoms with Crippen LogP contribution in [0.5, 0.6) is 5.88 Å². The van der Waals surface area contributed by atoms with Gasteiger partial charge in [0.1, 0.15) is 6.33 Å². The summed E-state index contributed by atoms with van der Waals surface area (Å²) < 4.78 is 39.2. The van der Waals surface area contributed by atoms with Gasteiger partial charge in [0.05, 0.1) is 18.5 Å². The van der Waals surface area contributed by atoms with Crippen molar-refractivity contribution in [3.8, 4) is 5.88 Å². The molecule has 0 unspecified atom stereocenters. The van der Waals surface area contributed by atoms with E-state index in [1.807, 2.05) is 24.9 Å². The predicted octanol–water partition coefficient (Wildman–Crippen LogP) is 1.84. The van der Waals surface area contributed by atoms with Gasteiger partial charge in [-0.25, -0.2) is 14.8 Å². The van der Waals surface area contributed by atoms with Crippen LogP contribution in [0, 0.1) is 0 Å². The molecule has 154 valence electrons. The lowest BCUT2D eigenvalue weighted by molar-refractivity contribution is -0.192. The van der Waals surface area contributed by atoms with Crippen LogP contribution in [0.2, 0.25) is 0 Å². The minimum atomic E-state index is -5.08. The second-order valence-corrected chi connectivity index (χ2v) is 6.14. The van der Waals surface area contributed by atoms with Gasteiger partial charge >= 0.3 is 12.1 Å². The number of fused-ring (bicyclic) bond motifs is 1. The molecule has 11 heteroatoms. The monoisotopic (exact) mass is 401 g/mol. The smallest absolute Gasteiger partial charge is 0.478 e. The van der Waals surface area contributed by atoms with E-state index in [9.17, 15) is 13.2 Å². The van der Waals surface area contributed by atoms with Crippen LogP contribution in [0.1, 0.15) is 23.7 Å². The van der Waals surface area contributed by atoms with Crippen LogP contribution in [-0.4, -0.2) is 61.6 Å². The van der Waals surface area contributed by atoms with E-state index in [4.69, 9.17) is 14.6 Å². The van der Waals surface area contributed by atoms with Gasteiger partial charge in [-0.05, 0) is 13.3 Å². The van der Waals surface area contributed by atoms with Crippen molar-refractivity contribution in [2.45, 2.75) is 32.5 Å². The fourth-order valence-electron chi connectivity index (χ4n) is 2.77. The number of halogens is 3. The molecule has 0 spiro atoms. The van der Waals surface area contributed by atoms with Crippen LogP contribution in [-0.2, 0) is 31.2 Å². The minimum Gasteiger partial charge on any atom is -0.478 e. The number of nitrogens with zero attached hydrogens (tertiary/aromatic N) is 5. The number of aryl methyl sites for hydroxylation is 1. The Morgan fingerprint density at radius 3 is 2.54 bits per heavy atom. The Morgan fingerprint density at radius 2 is 1.96 bits per heavy atom. The molecule has 8 nitrogen and oxygen atoms in total. The summed E-state index contributed by atoms with van der Waals surface area (Å²) in [5.74, 6) is -2.00. The molecule has 1 aliphatic heterocycles. The van der Waals surface area contributed by atoms with Crippen molar-refractivity contribution in [1.29, 1.82) is 0 Å². The molecular formula is C17H22F3N5O3. The number of carboxylic acids is 1. The van der Waals surface area contributed by atoms with E-state index in [-0.39, 0.29) is 0 Å². The van der Waals surface area contributed by atoms with Crippen LogP contribution in [0.15, 0.2) is 18.7 Å². The predicted molar refractivity (Wildman–Crippen MR) is 92.8 cm³/mol. The number of aliphatic carboxylic acids is 1. The summed E-state index contributed by atoms with van der Waals surface area (Å²) in [6, 6.07) is 0. The lowest BCUT2D eigenvalue weighted by atomic mass is 10.1. The Bertz CT molecular complexity index is 795. The molecule has 0 amide bonds. The maximum atomic E-state index is 10.6. The first kappa shape index (κ1) is 21.6. The number of ether oxygens (including phenoxy) is 1. The van der Waals surface area contributed by atoms with Gasteiger partial charge in [0.15, 0.2) is 0 Å². The van der Waals surface area contributed by atoms with E-state index in [1.54, 1.807) is 6.33 Å². The molecule has 3 heterocycles. The standard InChI is InChI=1S/C15H21N5O.C2HF3O2/c1-3-21-15-13-4-6-20(7-5-14(13)16-11-17-15)10-12-8-18-19(2)9-12;3-2(4,5)1(6)7/h8-9,11H,3-7,10H2,1-2H3;(H,6,7). The number of aromatic nitrogens is 4. The summed E-state index contributed by atoms with van der Waals surface area (Å²) in [5.41, 5.74) is 3.55. The molecule has 0 bridgehead atoms. The average molecular weight is 401 g/mol. The Hall–Kier alpha value is -2.69. The summed E-state index contributed by atoms with van der Waals surface area (Å²) in [6.07, 6.45) is 2.41. The van der Waals surface area contributed by atoms with Crippen molar-refractivity contribution >= 4 is 5.97 Å². The van der Waals surface area contributed by atoms with E-state index in [0.29, 0.717) is 6.61 Å². The Labute approximate surface area is 160 Å². The molecule has 0 aliphatic carbocycles. The van der Waals surface area contributed by atoms with Crippen molar-refractivity contribution < 1.29 is 27.8 Å². The average Bonchev–Trinajstić information content (AvgIpc) is 2.91. The highest BCUT2D eigenvalue weighted by Gasteiger charge is 2.38. The molecule has 1 N–H and O–H groups in total. The zero-order chi connectivity index (χ0) is 20.7. The van der Waals surface area contributed by atoms with Crippen molar-refractivity contribution in [2.24, 2.45) is 7.05 Å². The number of carbonyl (C=O) groups is 1. The minimum absolute atomic E-state index is 0.642. The van der Waals surface area contributed by atoms with E-state index in [0.717, 1.165) is 44.0 Å². The van der Waals surface area contributed by atoms with Crippen LogP contribution < -0.4 is 4.74 Å². The van der Waals surface area contributed by atoms with Gasteiger partial charge in [0, 0.05) is 50.4 Å². The van der Waals surface area contributed by atoms with Gasteiger partial charge in [0.25, 0.3) is 0 Å². The Balaban J connectivity index is 0.000000345. The van der Waals surface area contributed by atoms with Crippen molar-refractivity contribution in [1.82, 2.24) is 24.6 Å². The first-order chi connectivity index (χ1) is 13.2. The quantitative estimate of drug-likeness (QED) is 0.836. The molecule has 2 aromatic rings. The van der Waals surface area contributed by atoms with Gasteiger partial charge in [-0.15, -0.1) is 0 Å². The molecule has 0 aromatic carbocycles. The van der Waals surface area contributed by atoms with Crippen LogP contribution >= 0.6 is 0 Å². The zero-order valence-electron chi connectivity index (χ0n) is 15.6. The normalized spacial score (nSPS) is 14.5. The zero-order valence-corrected chi connectivity index (χ0v) is 15.6. The van der Waals surface area contributed by atoms with Crippen LogP contribution in [0.4, 0.5) is 13.2 Å². The van der Waals surface area contributed by atoms with Crippen LogP contribution in [0.3, 0.4) is 0 Å². The summed E-state index contributed by atoms with van der Waals surface area (Å²) >= 11 is 0. The molecule has 0 radical (unpaired) electrons. The molecular weight excluding hydrogens is 379 g/mol. The highest BCUT2D eigenvalue weighted by molar-refractivity contribution is 5.73. The first-order valence-corrected chi connectivity index (χ1v) is 8.66. The summed E-state index contributed by atoms with van der Waals surface area (Å²) in [7, 11) is 1.95. The third-order valence-electron chi connectivity index (χ3n) is 4.03. The fraction of sp³-hybridized carbons (Fsp3) is 0.529. The second-order valence-electron chi connectivity index (χ2n) is 6.14. The number of carboxylic acid groups (broad SMARTS) is 1. The number of alkyl halides is 3. The molecule has 1 aliphatic rings. The van der Waals surface area contributed by atoms with E-state index >= 15 is 0 Å². The van der Waals surface area contributed by atoms with E-state index in [2.05, 4.69) is 26.2 Å². The highest BCUT2D eigenvalue weighted by atomic mass is 19.4. The Kier molecular flexibility index (Phi) is 7.32. The molecule has 28 heavy (non-hydrogen) atoms. The maximum absolute atomic E-state index is 10.6. The largest absolute Gasteiger partial charge is 0.490 e. The molecule has 2 aromatic heterocycles. The van der Waals surface area contributed by atoms with Gasteiger partial charge in [0.2, 0.25) is 5.88 Å². The second kappa shape index (κ2) is 9.49. The molecule has 0 fully saturated rings. The topological polar surface area (TPSA) is 93.4 Å². The van der Waals surface area contributed by atoms with Gasteiger partial charge in [-0.2, -0.15) is 18.3 Å². The summed E-state index contributed by atoms with van der Waals surface area (Å²) in [6.45, 7) is 5.56. The molecule has 0 atom stereocenters. The van der Waals surface area contributed by atoms with Gasteiger partial charge < -0.3 is 9.84 Å². The van der Waals surface area contributed by atoms with Crippen molar-refractivity contribution in [2.75, 3.05) is 19.7 Å². The van der Waals surface area contributed by atoms with E-state index < -0.39 is 12.1 Å². The molecule has 3 rings (SSSR count). The number of hydrogen-bond acceptors (Lipinski definition) is 6. The summed E-state index contributed by atoms with van der Waals surface area (Å²) in [4.78, 5) is 20.0. The number of rotatable bonds is 4. The van der Waals surface area contributed by atoms with Crippen molar-refractivity contribution in [3.63, 3.8) is 0 Å². The molecule has 0 saturated carbocycles. The van der Waals surface area contributed by atoms with Gasteiger partial charge in [-0.3, -0.25) is 9.58 Å². The van der Waals surface area contributed by atoms with E-state index in [1.165, 1.54) is 11.1 Å². The SMILES string of the molecule is CCOc1ncnc2c1CCN(Cc1cnn(C)c1)CC2.O=C(O)C(F)(F)F. The van der Waals surface area contributed by atoms with Gasteiger partial charge in [-0.1, -0.05) is 0 Å². The third kappa shape index (κ3) is 6.19. The van der Waals surface area contributed by atoms with Crippen molar-refractivity contribution in [3.05, 3.63) is 35.5 Å². The third-order valence-corrected chi connectivity index (χ3v) is 4.03. The fourth-order valence-corrected chi connectivity index (χ4v) is 2.77. The first-order valence-electron chi connectivity index (χ1n) is 8.66.